The number of urea groups is 2. The van der Waals surface area contributed by atoms with Crippen molar-refractivity contribution in [2.24, 2.45) is 0 Å². The normalized spacial score (nSPS) is 21.7. The smallest absolute Gasteiger partial charge is 0.333 e. The number of hydrogen-bond donors (Lipinski definition) is 2. The van der Waals surface area contributed by atoms with Crippen LogP contribution in [-0.2, 0) is 10.3 Å². The summed E-state index contributed by atoms with van der Waals surface area (Å²) in [4.78, 5) is 39.1. The molecule has 2 N–H and O–H groups in total. The predicted octanol–water partition coefficient (Wildman–Crippen LogP) is 2.83. The number of imide groups is 2. The Morgan fingerprint density at radius 2 is 2.00 bits per heavy atom. The lowest BCUT2D eigenvalue weighted by molar-refractivity contribution is -0.127. The predicted molar refractivity (Wildman–Crippen MR) is 97.0 cm³/mol. The van der Waals surface area contributed by atoms with Crippen LogP contribution in [0.25, 0.3) is 0 Å². The molecule has 0 radical (unpaired) electrons. The molecular weight excluding hydrogens is 365 g/mol. The highest BCUT2D eigenvalue weighted by Crippen LogP contribution is 2.44. The molecule has 1 spiro atoms. The minimum atomic E-state index is -1.65. The van der Waals surface area contributed by atoms with Crippen molar-refractivity contribution in [1.29, 1.82) is 0 Å². The fourth-order valence-corrected chi connectivity index (χ4v) is 3.73. The van der Waals surface area contributed by atoms with Crippen LogP contribution in [0.15, 0.2) is 48.5 Å². The zero-order valence-electron chi connectivity index (χ0n) is 15.1. The van der Waals surface area contributed by atoms with E-state index >= 15 is 0 Å². The molecule has 2 aromatic carbocycles. The van der Waals surface area contributed by atoms with Crippen LogP contribution in [0.4, 0.5) is 14.0 Å². The molecule has 144 valence electrons. The maximum Gasteiger partial charge on any atom is 0.333 e. The van der Waals surface area contributed by atoms with Crippen molar-refractivity contribution in [3.8, 4) is 5.75 Å². The lowest BCUT2D eigenvalue weighted by Crippen LogP contribution is -2.55. The van der Waals surface area contributed by atoms with E-state index < -0.39 is 35.4 Å². The van der Waals surface area contributed by atoms with E-state index in [4.69, 9.17) is 4.74 Å². The first-order valence-electron chi connectivity index (χ1n) is 8.87. The van der Waals surface area contributed by atoms with Gasteiger partial charge in [0.25, 0.3) is 5.91 Å². The van der Waals surface area contributed by atoms with Crippen LogP contribution < -0.4 is 15.4 Å². The Morgan fingerprint density at radius 3 is 2.75 bits per heavy atom. The minimum absolute atomic E-state index is 0.0359. The topological polar surface area (TPSA) is 87.7 Å². The van der Waals surface area contributed by atoms with Gasteiger partial charge in [0, 0.05) is 12.0 Å². The van der Waals surface area contributed by atoms with Gasteiger partial charge < -0.3 is 10.1 Å². The fourth-order valence-electron chi connectivity index (χ4n) is 3.73. The van der Waals surface area contributed by atoms with E-state index in [0.717, 1.165) is 16.5 Å². The van der Waals surface area contributed by atoms with Crippen molar-refractivity contribution in [3.63, 3.8) is 0 Å². The van der Waals surface area contributed by atoms with Crippen molar-refractivity contribution in [3.05, 3.63) is 65.5 Å². The molecular formula is C20H18FN3O4. The third-order valence-corrected chi connectivity index (χ3v) is 5.13. The molecule has 0 unspecified atom stereocenters. The first kappa shape index (κ1) is 18.0. The number of ether oxygens (including phenoxy) is 1. The van der Waals surface area contributed by atoms with Gasteiger partial charge in [0.1, 0.15) is 11.6 Å². The van der Waals surface area contributed by atoms with Gasteiger partial charge in [-0.05, 0) is 30.7 Å². The summed E-state index contributed by atoms with van der Waals surface area (Å²) in [5, 5.41) is 4.94. The van der Waals surface area contributed by atoms with Crippen LogP contribution in [0.2, 0.25) is 0 Å². The summed E-state index contributed by atoms with van der Waals surface area (Å²) >= 11 is 0. The molecule has 1 fully saturated rings. The highest BCUT2D eigenvalue weighted by Gasteiger charge is 2.59. The Morgan fingerprint density at radius 1 is 1.25 bits per heavy atom. The van der Waals surface area contributed by atoms with E-state index in [1.54, 1.807) is 6.92 Å². The zero-order chi connectivity index (χ0) is 19.9. The molecule has 4 rings (SSSR count). The van der Waals surface area contributed by atoms with Gasteiger partial charge in [0.15, 0.2) is 5.54 Å². The molecule has 2 atom stereocenters. The van der Waals surface area contributed by atoms with Crippen molar-refractivity contribution in [2.75, 3.05) is 6.61 Å². The molecule has 0 aliphatic carbocycles. The first-order valence-corrected chi connectivity index (χ1v) is 8.87. The summed E-state index contributed by atoms with van der Waals surface area (Å²) in [6.07, 6.45) is 0.0359. The van der Waals surface area contributed by atoms with Gasteiger partial charge in [-0.2, -0.15) is 0 Å². The van der Waals surface area contributed by atoms with Crippen LogP contribution in [0.1, 0.15) is 30.5 Å². The summed E-state index contributed by atoms with van der Waals surface area (Å²) < 4.78 is 19.4. The van der Waals surface area contributed by atoms with Gasteiger partial charge in [-0.25, -0.2) is 18.9 Å². The average Bonchev–Trinajstić information content (AvgIpc) is 2.93. The number of carbonyl (C=O) groups excluding carboxylic acids is 3. The Balaban J connectivity index is 1.72. The van der Waals surface area contributed by atoms with Crippen LogP contribution in [0.5, 0.6) is 5.75 Å². The Labute approximate surface area is 160 Å². The number of benzene rings is 2. The molecule has 5 amide bonds. The summed E-state index contributed by atoms with van der Waals surface area (Å²) in [5.74, 6) is -0.990. The highest BCUT2D eigenvalue weighted by atomic mass is 19.1. The minimum Gasteiger partial charge on any atom is -0.493 e. The third-order valence-electron chi connectivity index (χ3n) is 5.13. The van der Waals surface area contributed by atoms with E-state index in [2.05, 4.69) is 10.6 Å². The second-order valence-corrected chi connectivity index (χ2v) is 6.78. The summed E-state index contributed by atoms with van der Waals surface area (Å²) in [6.45, 7) is 1.88. The van der Waals surface area contributed by atoms with Crippen molar-refractivity contribution < 1.29 is 23.5 Å². The Hall–Kier alpha value is -3.42. The molecule has 0 aromatic heterocycles. The van der Waals surface area contributed by atoms with E-state index in [0.29, 0.717) is 0 Å². The second-order valence-electron chi connectivity index (χ2n) is 6.78. The van der Waals surface area contributed by atoms with Crippen LogP contribution in [0, 0.1) is 5.82 Å². The number of halogens is 1. The molecule has 7 nitrogen and oxygen atoms in total. The SMILES string of the molecule is C[C@@H](NC(=O)N1C(=O)NC(=O)[C@]12CCOc1ccc(F)cc12)c1ccccc1. The number of fused-ring (bicyclic) bond motifs is 2. The molecule has 1 saturated heterocycles. The van der Waals surface area contributed by atoms with Crippen molar-refractivity contribution in [2.45, 2.75) is 24.9 Å². The van der Waals surface area contributed by atoms with Crippen molar-refractivity contribution in [1.82, 2.24) is 15.5 Å². The van der Waals surface area contributed by atoms with E-state index in [9.17, 15) is 18.8 Å². The largest absolute Gasteiger partial charge is 0.493 e. The third kappa shape index (κ3) is 2.69. The number of hydrogen-bond acceptors (Lipinski definition) is 4. The molecule has 2 aromatic rings. The van der Waals surface area contributed by atoms with Gasteiger partial charge in [0.2, 0.25) is 0 Å². The van der Waals surface area contributed by atoms with Crippen LogP contribution in [0.3, 0.4) is 0 Å². The first-order chi connectivity index (χ1) is 13.4. The van der Waals surface area contributed by atoms with E-state index in [1.165, 1.54) is 12.1 Å². The quantitative estimate of drug-likeness (QED) is 0.781. The summed E-state index contributed by atoms with van der Waals surface area (Å²) in [5.41, 5.74) is -0.647. The van der Waals surface area contributed by atoms with Crippen LogP contribution in [-0.4, -0.2) is 29.5 Å². The second kappa shape index (κ2) is 6.63. The summed E-state index contributed by atoms with van der Waals surface area (Å²) in [6, 6.07) is 11.0. The monoisotopic (exact) mass is 383 g/mol. The molecule has 0 bridgehead atoms. The number of nitrogens with one attached hydrogen (secondary N) is 2. The molecule has 28 heavy (non-hydrogen) atoms. The zero-order valence-corrected chi connectivity index (χ0v) is 15.1. The molecule has 8 heteroatoms. The van der Waals surface area contributed by atoms with Crippen LogP contribution >= 0.6 is 0 Å². The van der Waals surface area contributed by atoms with Gasteiger partial charge >= 0.3 is 12.1 Å². The van der Waals surface area contributed by atoms with Gasteiger partial charge in [-0.1, -0.05) is 30.3 Å². The standard InChI is InChI=1S/C20H18FN3O4/c1-12(13-5-3-2-4-6-13)22-18(26)24-19(27)23-17(25)20(24)9-10-28-16-8-7-14(21)11-15(16)20/h2-8,11-12H,9-10H2,1H3,(H,22,26)(H,23,25,27)/t12-,20-/m1/s1. The van der Waals surface area contributed by atoms with Gasteiger partial charge in [-0.15, -0.1) is 0 Å². The molecule has 0 saturated carbocycles. The highest BCUT2D eigenvalue weighted by molar-refractivity contribution is 6.14. The lowest BCUT2D eigenvalue weighted by atomic mass is 9.83. The number of rotatable bonds is 2. The number of carbonyl (C=O) groups is 3. The Kier molecular flexibility index (Phi) is 4.26. The van der Waals surface area contributed by atoms with Gasteiger partial charge in [0.05, 0.1) is 12.6 Å². The van der Waals surface area contributed by atoms with E-state index in [1.807, 2.05) is 30.3 Å². The fraction of sp³-hybridized carbons (Fsp3) is 0.250. The molecule has 2 aliphatic heterocycles. The lowest BCUT2D eigenvalue weighted by Gasteiger charge is -2.38. The maximum atomic E-state index is 13.9. The van der Waals surface area contributed by atoms with Crippen molar-refractivity contribution >= 4 is 18.0 Å². The van der Waals surface area contributed by atoms with E-state index in [-0.39, 0.29) is 24.3 Å². The number of amides is 5. The van der Waals surface area contributed by atoms with Gasteiger partial charge in [-0.3, -0.25) is 10.1 Å². The molecule has 2 heterocycles. The number of nitrogens with zero attached hydrogens (tertiary/aromatic N) is 1. The maximum absolute atomic E-state index is 13.9. The molecule has 2 aliphatic rings. The Bertz CT molecular complexity index is 965. The average molecular weight is 383 g/mol. The summed E-state index contributed by atoms with van der Waals surface area (Å²) in [7, 11) is 0.